The van der Waals surface area contributed by atoms with E-state index in [4.69, 9.17) is 10.2 Å². The van der Waals surface area contributed by atoms with Crippen molar-refractivity contribution in [2.45, 2.75) is 70.9 Å². The van der Waals surface area contributed by atoms with E-state index in [0.717, 1.165) is 25.7 Å². The van der Waals surface area contributed by atoms with Gasteiger partial charge < -0.3 is 20.6 Å². The number of aliphatic carboxylic acids is 1. The van der Waals surface area contributed by atoms with Crippen molar-refractivity contribution in [2.24, 2.45) is 0 Å². The van der Waals surface area contributed by atoms with Gasteiger partial charge in [0.1, 0.15) is 6.23 Å². The Hall–Kier alpha value is -1.44. The van der Waals surface area contributed by atoms with Crippen LogP contribution in [0.25, 0.3) is 0 Å². The number of aliphatic hydroxyl groups is 2. The summed E-state index contributed by atoms with van der Waals surface area (Å²) in [4.78, 5) is 23.7. The number of nitrogens with one attached hydrogen (secondary N) is 1. The second-order valence-electron chi connectivity index (χ2n) is 6.46. The molecule has 0 aromatic rings. The summed E-state index contributed by atoms with van der Waals surface area (Å²) in [6, 6.07) is 0. The minimum atomic E-state index is -1.24. The fourth-order valence-electron chi connectivity index (χ4n) is 2.65. The molecule has 0 aliphatic rings. The number of allylic oxidation sites excluding steroid dienone is 2. The summed E-state index contributed by atoms with van der Waals surface area (Å²) >= 11 is 0. The van der Waals surface area contributed by atoms with Crippen LogP contribution in [0.15, 0.2) is 12.2 Å². The molecule has 1 atom stereocenters. The summed E-state index contributed by atoms with van der Waals surface area (Å²) in [6.45, 7) is 1.53. The highest BCUT2D eigenvalue weighted by atomic mass is 16.4. The van der Waals surface area contributed by atoms with Crippen LogP contribution < -0.4 is 5.32 Å². The third-order valence-electron chi connectivity index (χ3n) is 4.15. The maximum absolute atomic E-state index is 11.8. The molecule has 0 saturated carbocycles. The maximum Gasteiger partial charge on any atom is 0.317 e. The van der Waals surface area contributed by atoms with Crippen LogP contribution >= 0.6 is 0 Å². The van der Waals surface area contributed by atoms with Gasteiger partial charge in [-0.3, -0.25) is 14.5 Å². The van der Waals surface area contributed by atoms with Crippen LogP contribution in [-0.2, 0) is 9.59 Å². The lowest BCUT2D eigenvalue weighted by molar-refractivity contribution is -0.142. The molecule has 0 spiro atoms. The van der Waals surface area contributed by atoms with Gasteiger partial charge in [0.25, 0.3) is 0 Å². The van der Waals surface area contributed by atoms with Crippen molar-refractivity contribution >= 4 is 11.9 Å². The van der Waals surface area contributed by atoms with Crippen LogP contribution in [0.3, 0.4) is 0 Å². The Balaban J connectivity index is 3.62. The molecule has 0 radical (unpaired) electrons. The molecular weight excluding hydrogens is 336 g/mol. The molecule has 0 saturated heterocycles. The standard InChI is InChI=1S/C19H36N2O5/c1-2-3-4-5-6-7-8-9-10-11-12-17(23)20-13-14-21(15-19(25)26)18(24)16-22/h2-3,18,22,24H,4-16H2,1H3,(H,20,23)(H,25,26)/b3-2+. The number of unbranched alkanes of at least 4 members (excludes halogenated alkanes) is 7. The van der Waals surface area contributed by atoms with E-state index in [1.165, 1.54) is 30.6 Å². The first-order valence-electron chi connectivity index (χ1n) is 9.63. The number of aliphatic hydroxyl groups excluding tert-OH is 2. The Morgan fingerprint density at radius 3 is 2.27 bits per heavy atom. The molecule has 0 aliphatic carbocycles. The van der Waals surface area contributed by atoms with Crippen molar-refractivity contribution < 1.29 is 24.9 Å². The predicted molar refractivity (Wildman–Crippen MR) is 102 cm³/mol. The van der Waals surface area contributed by atoms with E-state index >= 15 is 0 Å². The Bertz CT molecular complexity index is 401. The fraction of sp³-hybridized carbons (Fsp3) is 0.789. The van der Waals surface area contributed by atoms with Crippen LogP contribution in [0, 0.1) is 0 Å². The second kappa shape index (κ2) is 17.0. The lowest BCUT2D eigenvalue weighted by Gasteiger charge is -2.24. The first kappa shape index (κ1) is 24.6. The normalized spacial score (nSPS) is 12.6. The molecular formula is C19H36N2O5. The van der Waals surface area contributed by atoms with E-state index in [9.17, 15) is 14.7 Å². The first-order chi connectivity index (χ1) is 12.5. The van der Waals surface area contributed by atoms with Crippen LogP contribution in [0.4, 0.5) is 0 Å². The topological polar surface area (TPSA) is 110 Å². The molecule has 0 fully saturated rings. The van der Waals surface area contributed by atoms with Crippen molar-refractivity contribution in [3.8, 4) is 0 Å². The molecule has 4 N–H and O–H groups in total. The summed E-state index contributed by atoms with van der Waals surface area (Å²) in [5.74, 6) is -1.16. The van der Waals surface area contributed by atoms with Crippen molar-refractivity contribution in [1.82, 2.24) is 10.2 Å². The Labute approximate surface area is 157 Å². The number of carboxylic acid groups (broad SMARTS) is 1. The molecule has 0 aromatic carbocycles. The van der Waals surface area contributed by atoms with E-state index in [-0.39, 0.29) is 25.5 Å². The average molecular weight is 373 g/mol. The first-order valence-corrected chi connectivity index (χ1v) is 9.63. The fourth-order valence-corrected chi connectivity index (χ4v) is 2.65. The van der Waals surface area contributed by atoms with E-state index in [0.29, 0.717) is 6.42 Å². The van der Waals surface area contributed by atoms with E-state index < -0.39 is 18.8 Å². The smallest absolute Gasteiger partial charge is 0.317 e. The zero-order valence-corrected chi connectivity index (χ0v) is 16.0. The molecule has 152 valence electrons. The second-order valence-corrected chi connectivity index (χ2v) is 6.46. The number of amides is 1. The SMILES string of the molecule is C/C=C/CCCCCCCCCC(=O)NCCN(CC(=O)O)C(O)CO. The van der Waals surface area contributed by atoms with Crippen LogP contribution in [0.5, 0.6) is 0 Å². The summed E-state index contributed by atoms with van der Waals surface area (Å²) in [5, 5.41) is 29.9. The zero-order chi connectivity index (χ0) is 19.6. The molecule has 1 unspecified atom stereocenters. The lowest BCUT2D eigenvalue weighted by atomic mass is 10.1. The van der Waals surface area contributed by atoms with Gasteiger partial charge in [-0.05, 0) is 26.2 Å². The largest absolute Gasteiger partial charge is 0.480 e. The summed E-state index contributed by atoms with van der Waals surface area (Å²) < 4.78 is 0. The number of nitrogens with zero attached hydrogens (tertiary/aromatic N) is 1. The predicted octanol–water partition coefficient (Wildman–Crippen LogP) is 1.89. The van der Waals surface area contributed by atoms with Gasteiger partial charge in [0.05, 0.1) is 13.2 Å². The van der Waals surface area contributed by atoms with Crippen molar-refractivity contribution in [3.63, 3.8) is 0 Å². The zero-order valence-electron chi connectivity index (χ0n) is 16.0. The molecule has 0 aliphatic heterocycles. The van der Waals surface area contributed by atoms with Gasteiger partial charge in [-0.15, -0.1) is 0 Å². The van der Waals surface area contributed by atoms with Crippen LogP contribution in [0.2, 0.25) is 0 Å². The Morgan fingerprint density at radius 2 is 1.69 bits per heavy atom. The van der Waals surface area contributed by atoms with Gasteiger partial charge >= 0.3 is 5.97 Å². The average Bonchev–Trinajstić information content (AvgIpc) is 2.61. The van der Waals surface area contributed by atoms with Gasteiger partial charge in [0, 0.05) is 19.5 Å². The van der Waals surface area contributed by atoms with Gasteiger partial charge in [-0.25, -0.2) is 0 Å². The quantitative estimate of drug-likeness (QED) is 0.176. The van der Waals surface area contributed by atoms with Gasteiger partial charge in [0.2, 0.25) is 5.91 Å². The van der Waals surface area contributed by atoms with Crippen LogP contribution in [-0.4, -0.2) is 64.6 Å². The Kier molecular flexibility index (Phi) is 16.1. The maximum atomic E-state index is 11.8. The summed E-state index contributed by atoms with van der Waals surface area (Å²) in [7, 11) is 0. The van der Waals surface area contributed by atoms with E-state index in [1.807, 2.05) is 6.92 Å². The van der Waals surface area contributed by atoms with Crippen molar-refractivity contribution in [3.05, 3.63) is 12.2 Å². The highest BCUT2D eigenvalue weighted by Gasteiger charge is 2.17. The molecule has 0 aromatic heterocycles. The molecule has 7 heteroatoms. The van der Waals surface area contributed by atoms with E-state index in [1.54, 1.807) is 0 Å². The third kappa shape index (κ3) is 14.9. The highest BCUT2D eigenvalue weighted by molar-refractivity contribution is 5.75. The molecule has 1 amide bonds. The third-order valence-corrected chi connectivity index (χ3v) is 4.15. The number of hydrogen-bond donors (Lipinski definition) is 4. The molecule has 7 nitrogen and oxygen atoms in total. The molecule has 26 heavy (non-hydrogen) atoms. The number of carbonyl (C=O) groups is 2. The molecule has 0 bridgehead atoms. The van der Waals surface area contributed by atoms with Gasteiger partial charge in [0.15, 0.2) is 0 Å². The van der Waals surface area contributed by atoms with Gasteiger partial charge in [-0.1, -0.05) is 44.3 Å². The molecule has 0 rings (SSSR count). The van der Waals surface area contributed by atoms with Gasteiger partial charge in [-0.2, -0.15) is 0 Å². The number of carboxylic acids is 1. The van der Waals surface area contributed by atoms with E-state index in [2.05, 4.69) is 17.5 Å². The number of carbonyl (C=O) groups excluding carboxylic acids is 1. The number of hydrogen-bond acceptors (Lipinski definition) is 5. The summed E-state index contributed by atoms with van der Waals surface area (Å²) in [6.07, 6.45) is 12.7. The minimum Gasteiger partial charge on any atom is -0.480 e. The highest BCUT2D eigenvalue weighted by Crippen LogP contribution is 2.10. The van der Waals surface area contributed by atoms with Crippen LogP contribution in [0.1, 0.15) is 64.7 Å². The number of rotatable bonds is 17. The minimum absolute atomic E-state index is 0.0647. The van der Waals surface area contributed by atoms with Crippen molar-refractivity contribution in [1.29, 1.82) is 0 Å². The monoisotopic (exact) mass is 372 g/mol. The Morgan fingerprint density at radius 1 is 1.08 bits per heavy atom. The van der Waals surface area contributed by atoms with Crippen molar-refractivity contribution in [2.75, 3.05) is 26.2 Å². The lowest BCUT2D eigenvalue weighted by Crippen LogP contribution is -2.45. The molecule has 0 heterocycles. The summed E-state index contributed by atoms with van der Waals surface area (Å²) in [5.41, 5.74) is 0.